The number of Topliss-reactive ketones (excluding diaryl/α,β-unsaturated/α-hetero) is 1. The highest BCUT2D eigenvalue weighted by Crippen LogP contribution is 2.33. The van der Waals surface area contributed by atoms with Gasteiger partial charge in [-0.25, -0.2) is 4.68 Å². The molecule has 1 aromatic heterocycles. The lowest BCUT2D eigenvalue weighted by Gasteiger charge is -2.15. The molecule has 6 heteroatoms. The third-order valence-corrected chi connectivity index (χ3v) is 6.29. The minimum absolute atomic E-state index is 0.161. The Bertz CT molecular complexity index is 1220. The fraction of sp³-hybridized carbons (Fsp3) is 0.321. The van der Waals surface area contributed by atoms with Crippen molar-refractivity contribution >= 4 is 28.7 Å². The van der Waals surface area contributed by atoms with E-state index >= 15 is 0 Å². The van der Waals surface area contributed by atoms with Gasteiger partial charge in [-0.2, -0.15) is 5.10 Å². The summed E-state index contributed by atoms with van der Waals surface area (Å²) in [6.07, 6.45) is 3.37. The molecule has 0 N–H and O–H groups in total. The van der Waals surface area contributed by atoms with Gasteiger partial charge in [-0.3, -0.25) is 9.59 Å². The summed E-state index contributed by atoms with van der Waals surface area (Å²) in [4.78, 5) is 26.3. The second-order valence-corrected chi connectivity index (χ2v) is 8.97. The lowest BCUT2D eigenvalue weighted by Crippen LogP contribution is -2.16. The van der Waals surface area contributed by atoms with E-state index in [1.54, 1.807) is 28.9 Å². The van der Waals surface area contributed by atoms with E-state index in [1.807, 2.05) is 45.9 Å². The van der Waals surface area contributed by atoms with Gasteiger partial charge in [0.1, 0.15) is 5.56 Å². The first-order valence-electron chi connectivity index (χ1n) is 11.5. The van der Waals surface area contributed by atoms with Crippen LogP contribution >= 0.6 is 11.6 Å². The molecule has 3 rings (SSSR count). The maximum absolute atomic E-state index is 13.7. The summed E-state index contributed by atoms with van der Waals surface area (Å²) in [5.41, 5.74) is 5.28. The number of rotatable bonds is 10. The van der Waals surface area contributed by atoms with E-state index in [9.17, 15) is 9.59 Å². The molecule has 0 saturated heterocycles. The van der Waals surface area contributed by atoms with Crippen LogP contribution in [-0.2, 0) is 6.54 Å². The molecule has 0 saturated carbocycles. The first-order chi connectivity index (χ1) is 16.3. The average molecular weight is 479 g/mol. The molecule has 0 unspecified atom stereocenters. The van der Waals surface area contributed by atoms with Gasteiger partial charge in [0.2, 0.25) is 5.88 Å². The number of benzene rings is 2. The number of unbranched alkanes of at least 4 members (excludes halogenated alkanes) is 1. The van der Waals surface area contributed by atoms with Gasteiger partial charge in [-0.05, 0) is 62.9 Å². The number of hydrogen-bond acceptors (Lipinski definition) is 4. The number of allylic oxidation sites excluding steroid dienone is 2. The fourth-order valence-electron chi connectivity index (χ4n) is 3.77. The highest BCUT2D eigenvalue weighted by atomic mass is 35.5. The summed E-state index contributed by atoms with van der Waals surface area (Å²) in [6, 6.07) is 12.5. The molecule has 0 fully saturated rings. The molecule has 0 atom stereocenters. The van der Waals surface area contributed by atoms with Crippen LogP contribution in [0.5, 0.6) is 5.88 Å². The highest BCUT2D eigenvalue weighted by molar-refractivity contribution is 6.32. The van der Waals surface area contributed by atoms with Crippen molar-refractivity contribution in [3.63, 3.8) is 0 Å². The molecule has 0 aliphatic rings. The Kier molecular flexibility index (Phi) is 8.46. The van der Waals surface area contributed by atoms with Crippen molar-refractivity contribution in [2.45, 2.75) is 54.0 Å². The quantitative estimate of drug-likeness (QED) is 0.296. The molecular formula is C28H31ClN2O3. The third kappa shape index (κ3) is 5.48. The maximum Gasteiger partial charge on any atom is 0.223 e. The predicted molar refractivity (Wildman–Crippen MR) is 137 cm³/mol. The van der Waals surface area contributed by atoms with E-state index in [1.165, 1.54) is 6.20 Å². The number of aryl methyl sites for hydroxylation is 1. The number of carbonyl (C=O) groups excluding carboxylic acids is 2. The van der Waals surface area contributed by atoms with Crippen molar-refractivity contribution in [3.8, 4) is 5.88 Å². The molecule has 0 aliphatic heterocycles. The zero-order valence-electron chi connectivity index (χ0n) is 20.4. The monoisotopic (exact) mass is 478 g/mol. The third-order valence-electron chi connectivity index (χ3n) is 5.98. The van der Waals surface area contributed by atoms with Crippen molar-refractivity contribution in [3.05, 3.63) is 87.1 Å². The minimum atomic E-state index is -0.207. The average Bonchev–Trinajstić information content (AvgIpc) is 3.23. The predicted octanol–water partition coefficient (Wildman–Crippen LogP) is 6.95. The fourth-order valence-corrected chi connectivity index (χ4v) is 4.12. The van der Waals surface area contributed by atoms with Gasteiger partial charge < -0.3 is 4.74 Å². The van der Waals surface area contributed by atoms with Crippen molar-refractivity contribution in [1.82, 2.24) is 9.78 Å². The van der Waals surface area contributed by atoms with E-state index in [4.69, 9.17) is 16.3 Å². The topological polar surface area (TPSA) is 61.2 Å². The molecule has 5 nitrogen and oxygen atoms in total. The van der Waals surface area contributed by atoms with Gasteiger partial charge in [0.25, 0.3) is 0 Å². The SMILES string of the molecule is CCCCn1ncc(C(=O)c2ccc(Cl)c(C(C)=C(C)C)c2C)c1OCC(=O)c1ccccc1. The summed E-state index contributed by atoms with van der Waals surface area (Å²) in [6.45, 7) is 10.5. The van der Waals surface area contributed by atoms with Gasteiger partial charge in [0, 0.05) is 22.7 Å². The number of hydrogen-bond donors (Lipinski definition) is 0. The van der Waals surface area contributed by atoms with Crippen LogP contribution in [-0.4, -0.2) is 28.0 Å². The number of aromatic nitrogens is 2. The normalized spacial score (nSPS) is 10.8. The molecule has 0 aliphatic carbocycles. The molecule has 1 heterocycles. The molecule has 0 radical (unpaired) electrons. The minimum Gasteiger partial charge on any atom is -0.469 e. The Balaban J connectivity index is 1.99. The van der Waals surface area contributed by atoms with E-state index < -0.39 is 0 Å². The second-order valence-electron chi connectivity index (χ2n) is 8.57. The second kappa shape index (κ2) is 11.3. The van der Waals surface area contributed by atoms with Gasteiger partial charge >= 0.3 is 0 Å². The van der Waals surface area contributed by atoms with Crippen LogP contribution in [0.15, 0.2) is 54.2 Å². The number of carbonyl (C=O) groups is 2. The van der Waals surface area contributed by atoms with Crippen molar-refractivity contribution in [2.24, 2.45) is 0 Å². The lowest BCUT2D eigenvalue weighted by molar-refractivity contribution is 0.0906. The Morgan fingerprint density at radius 1 is 1.03 bits per heavy atom. The molecule has 178 valence electrons. The first kappa shape index (κ1) is 25.4. The molecule has 2 aromatic carbocycles. The Morgan fingerprint density at radius 2 is 1.74 bits per heavy atom. The summed E-state index contributed by atoms with van der Waals surface area (Å²) >= 11 is 6.50. The maximum atomic E-state index is 13.7. The van der Waals surface area contributed by atoms with Crippen molar-refractivity contribution in [1.29, 1.82) is 0 Å². The zero-order chi connectivity index (χ0) is 24.8. The van der Waals surface area contributed by atoms with Crippen LogP contribution in [0.1, 0.15) is 77.9 Å². The first-order valence-corrected chi connectivity index (χ1v) is 11.9. The molecule has 3 aromatic rings. The standard InChI is InChI=1S/C28H31ClN2O3/c1-6-7-15-31-28(34-17-25(32)21-11-9-8-10-12-21)23(16-30-31)27(33)22-13-14-24(29)26(20(22)5)19(4)18(2)3/h8-14,16H,6-7,15,17H2,1-5H3. The molecular weight excluding hydrogens is 448 g/mol. The molecule has 0 spiro atoms. The van der Waals surface area contributed by atoms with Crippen LogP contribution in [0.4, 0.5) is 0 Å². The van der Waals surface area contributed by atoms with Crippen molar-refractivity contribution in [2.75, 3.05) is 6.61 Å². The lowest BCUT2D eigenvalue weighted by atomic mass is 9.92. The Morgan fingerprint density at radius 3 is 2.38 bits per heavy atom. The van der Waals surface area contributed by atoms with Gasteiger partial charge in [0.15, 0.2) is 18.2 Å². The van der Waals surface area contributed by atoms with Crippen LogP contribution in [0.2, 0.25) is 5.02 Å². The van der Waals surface area contributed by atoms with E-state index in [0.717, 1.165) is 35.1 Å². The molecule has 34 heavy (non-hydrogen) atoms. The summed E-state index contributed by atoms with van der Waals surface area (Å²) in [5.74, 6) is -0.0502. The summed E-state index contributed by atoms with van der Waals surface area (Å²) < 4.78 is 7.61. The smallest absolute Gasteiger partial charge is 0.223 e. The van der Waals surface area contributed by atoms with Crippen LogP contribution in [0.3, 0.4) is 0 Å². The van der Waals surface area contributed by atoms with Crippen molar-refractivity contribution < 1.29 is 14.3 Å². The van der Waals surface area contributed by atoms with Gasteiger partial charge in [0.05, 0.1) is 6.20 Å². The number of ketones is 2. The number of halogens is 1. The van der Waals surface area contributed by atoms with Gasteiger partial charge in [-0.1, -0.05) is 60.9 Å². The van der Waals surface area contributed by atoms with Crippen LogP contribution < -0.4 is 4.74 Å². The Hall–Kier alpha value is -3.18. The van der Waals surface area contributed by atoms with E-state index in [-0.39, 0.29) is 18.2 Å². The number of nitrogens with zero attached hydrogens (tertiary/aromatic N) is 2. The zero-order valence-corrected chi connectivity index (χ0v) is 21.2. The highest BCUT2D eigenvalue weighted by Gasteiger charge is 2.24. The Labute approximate surface area is 206 Å². The van der Waals surface area contributed by atoms with E-state index in [2.05, 4.69) is 12.0 Å². The van der Waals surface area contributed by atoms with E-state index in [0.29, 0.717) is 34.1 Å². The van der Waals surface area contributed by atoms with Crippen LogP contribution in [0, 0.1) is 6.92 Å². The summed E-state index contributed by atoms with van der Waals surface area (Å²) in [5, 5.41) is 5.02. The molecule has 0 bridgehead atoms. The molecule has 0 amide bonds. The summed E-state index contributed by atoms with van der Waals surface area (Å²) in [7, 11) is 0. The van der Waals surface area contributed by atoms with Crippen LogP contribution in [0.25, 0.3) is 5.57 Å². The largest absolute Gasteiger partial charge is 0.469 e. The number of ether oxygens (including phenoxy) is 1. The van der Waals surface area contributed by atoms with Gasteiger partial charge in [-0.15, -0.1) is 0 Å².